The van der Waals surface area contributed by atoms with Crippen LogP contribution in [0.2, 0.25) is 5.02 Å². The van der Waals surface area contributed by atoms with Crippen LogP contribution >= 0.6 is 11.6 Å². The summed E-state index contributed by atoms with van der Waals surface area (Å²) in [7, 11) is 0. The fourth-order valence-electron chi connectivity index (χ4n) is 2.39. The molecule has 0 unspecified atom stereocenters. The number of rotatable bonds is 6. The Balaban J connectivity index is 1.85. The van der Waals surface area contributed by atoms with E-state index >= 15 is 0 Å². The largest absolute Gasteiger partial charge is 0.478 e. The molecule has 0 atom stereocenters. The molecule has 3 rings (SSSR count). The minimum Gasteiger partial charge on any atom is -0.478 e. The molecule has 1 aliphatic carbocycles. The Hall–Kier alpha value is -2.27. The first-order chi connectivity index (χ1) is 11.4. The number of aromatic nitrogens is 1. The lowest BCUT2D eigenvalue weighted by Crippen LogP contribution is -2.07. The van der Waals surface area contributed by atoms with Crippen LogP contribution in [0.3, 0.4) is 0 Å². The number of carboxylic acid groups (broad SMARTS) is 1. The number of hydrogen-bond acceptors (Lipinski definition) is 4. The maximum atomic E-state index is 11.2. The van der Waals surface area contributed by atoms with Crippen molar-refractivity contribution in [3.05, 3.63) is 46.6 Å². The number of aromatic carboxylic acids is 1. The van der Waals surface area contributed by atoms with Crippen molar-refractivity contribution in [2.45, 2.75) is 38.7 Å². The lowest BCUT2D eigenvalue weighted by atomic mass is 10.1. The molecule has 1 fully saturated rings. The van der Waals surface area contributed by atoms with Crippen LogP contribution in [-0.2, 0) is 0 Å². The van der Waals surface area contributed by atoms with Gasteiger partial charge in [-0.2, -0.15) is 0 Å². The second kappa shape index (κ2) is 6.69. The van der Waals surface area contributed by atoms with Crippen molar-refractivity contribution in [2.24, 2.45) is 0 Å². The third-order valence-corrected chi connectivity index (χ3v) is 3.90. The third kappa shape index (κ3) is 3.79. The summed E-state index contributed by atoms with van der Waals surface area (Å²) in [5.74, 6) is 0.899. The van der Waals surface area contributed by atoms with Crippen molar-refractivity contribution in [3.63, 3.8) is 0 Å². The fourth-order valence-corrected chi connectivity index (χ4v) is 2.59. The highest BCUT2D eigenvalue weighted by Crippen LogP contribution is 2.45. The van der Waals surface area contributed by atoms with Crippen molar-refractivity contribution < 1.29 is 19.4 Å². The number of carbonyl (C=O) groups is 1. The summed E-state index contributed by atoms with van der Waals surface area (Å²) >= 11 is 6.18. The van der Waals surface area contributed by atoms with Gasteiger partial charge in [0.25, 0.3) is 0 Å². The quantitative estimate of drug-likeness (QED) is 0.805. The molecule has 0 amide bonds. The predicted molar refractivity (Wildman–Crippen MR) is 90.5 cm³/mol. The van der Waals surface area contributed by atoms with Crippen LogP contribution in [0.4, 0.5) is 0 Å². The van der Waals surface area contributed by atoms with Crippen LogP contribution in [0.1, 0.15) is 48.5 Å². The summed E-state index contributed by atoms with van der Waals surface area (Å²) in [5, 5.41) is 9.52. The van der Waals surface area contributed by atoms with Crippen molar-refractivity contribution >= 4 is 17.6 Å². The normalized spacial score (nSPS) is 13.8. The van der Waals surface area contributed by atoms with Crippen molar-refractivity contribution in [2.75, 3.05) is 0 Å². The standard InChI is InChI=1S/C18H18ClNO4/c1-10(2)23-17-15(19)8-13(9-20-17)24-16-6-5-12(18(21)22)7-14(16)11-3-4-11/h5-11H,3-4H2,1-2H3,(H,21,22). The van der Waals surface area contributed by atoms with Crippen LogP contribution in [0.25, 0.3) is 0 Å². The van der Waals surface area contributed by atoms with Gasteiger partial charge in [-0.15, -0.1) is 0 Å². The SMILES string of the molecule is CC(C)Oc1ncc(Oc2ccc(C(=O)O)cc2C2CC2)cc1Cl. The molecule has 24 heavy (non-hydrogen) atoms. The van der Waals surface area contributed by atoms with E-state index in [0.29, 0.717) is 28.3 Å². The first kappa shape index (κ1) is 16.6. The molecule has 1 saturated carbocycles. The molecule has 0 bridgehead atoms. The molecule has 5 nitrogen and oxygen atoms in total. The van der Waals surface area contributed by atoms with Gasteiger partial charge in [0.15, 0.2) is 0 Å². The molecule has 126 valence electrons. The van der Waals surface area contributed by atoms with E-state index in [2.05, 4.69) is 4.98 Å². The monoisotopic (exact) mass is 347 g/mol. The zero-order chi connectivity index (χ0) is 17.3. The number of ether oxygens (including phenoxy) is 2. The molecule has 1 aromatic carbocycles. The van der Waals surface area contributed by atoms with E-state index in [4.69, 9.17) is 26.2 Å². The van der Waals surface area contributed by atoms with Gasteiger partial charge in [-0.3, -0.25) is 0 Å². The van der Waals surface area contributed by atoms with Crippen LogP contribution in [0.5, 0.6) is 17.4 Å². The summed E-state index contributed by atoms with van der Waals surface area (Å²) in [4.78, 5) is 15.3. The number of benzene rings is 1. The Kier molecular flexibility index (Phi) is 4.62. The smallest absolute Gasteiger partial charge is 0.335 e. The zero-order valence-corrected chi connectivity index (χ0v) is 14.2. The van der Waals surface area contributed by atoms with E-state index in [9.17, 15) is 4.79 Å². The van der Waals surface area contributed by atoms with Gasteiger partial charge in [0.2, 0.25) is 5.88 Å². The highest BCUT2D eigenvalue weighted by molar-refractivity contribution is 6.31. The maximum absolute atomic E-state index is 11.2. The highest BCUT2D eigenvalue weighted by atomic mass is 35.5. The van der Waals surface area contributed by atoms with Crippen LogP contribution in [0, 0.1) is 0 Å². The van der Waals surface area contributed by atoms with Gasteiger partial charge in [0.05, 0.1) is 17.9 Å². The lowest BCUT2D eigenvalue weighted by molar-refractivity contribution is 0.0696. The van der Waals surface area contributed by atoms with E-state index in [1.807, 2.05) is 13.8 Å². The second-order valence-corrected chi connectivity index (χ2v) is 6.47. The van der Waals surface area contributed by atoms with E-state index in [1.54, 1.807) is 24.4 Å². The molecule has 0 spiro atoms. The number of halogens is 1. The highest BCUT2D eigenvalue weighted by Gasteiger charge is 2.28. The predicted octanol–water partition coefficient (Wildman–Crippen LogP) is 4.89. The molecule has 1 heterocycles. The topological polar surface area (TPSA) is 68.7 Å². The number of nitrogens with zero attached hydrogens (tertiary/aromatic N) is 1. The van der Waals surface area contributed by atoms with Gasteiger partial charge in [-0.05, 0) is 56.4 Å². The molecule has 6 heteroatoms. The van der Waals surface area contributed by atoms with Gasteiger partial charge >= 0.3 is 5.97 Å². The summed E-state index contributed by atoms with van der Waals surface area (Å²) in [6, 6.07) is 6.55. The molecule has 1 aliphatic rings. The van der Waals surface area contributed by atoms with Crippen molar-refractivity contribution in [1.82, 2.24) is 4.98 Å². The number of hydrogen-bond donors (Lipinski definition) is 1. The molecule has 0 aliphatic heterocycles. The van der Waals surface area contributed by atoms with E-state index in [-0.39, 0.29) is 11.7 Å². The summed E-state index contributed by atoms with van der Waals surface area (Å²) in [6.45, 7) is 3.79. The van der Waals surface area contributed by atoms with Crippen LogP contribution < -0.4 is 9.47 Å². The molecular weight excluding hydrogens is 330 g/mol. The summed E-state index contributed by atoms with van der Waals surface area (Å²) < 4.78 is 11.4. The third-order valence-electron chi connectivity index (χ3n) is 3.63. The Labute approximate surface area is 145 Å². The van der Waals surface area contributed by atoms with Gasteiger partial charge in [0.1, 0.15) is 16.5 Å². The molecular formula is C18H18ClNO4. The zero-order valence-electron chi connectivity index (χ0n) is 13.5. The van der Waals surface area contributed by atoms with Gasteiger partial charge in [0, 0.05) is 6.07 Å². The van der Waals surface area contributed by atoms with Crippen LogP contribution in [0.15, 0.2) is 30.5 Å². The molecule has 2 aromatic rings. The molecule has 1 N–H and O–H groups in total. The second-order valence-electron chi connectivity index (χ2n) is 6.06. The van der Waals surface area contributed by atoms with Gasteiger partial charge in [-0.1, -0.05) is 11.6 Å². The minimum absolute atomic E-state index is 0.0215. The fraction of sp³-hybridized carbons (Fsp3) is 0.333. The van der Waals surface area contributed by atoms with Gasteiger partial charge < -0.3 is 14.6 Å². The first-order valence-corrected chi connectivity index (χ1v) is 8.19. The van der Waals surface area contributed by atoms with Gasteiger partial charge in [-0.25, -0.2) is 9.78 Å². The summed E-state index contributed by atoms with van der Waals surface area (Å²) in [6.07, 6.45) is 3.61. The average molecular weight is 348 g/mol. The minimum atomic E-state index is -0.941. The Bertz CT molecular complexity index is 772. The van der Waals surface area contributed by atoms with E-state index in [1.165, 1.54) is 6.07 Å². The van der Waals surface area contributed by atoms with E-state index in [0.717, 1.165) is 18.4 Å². The Morgan fingerprint density at radius 1 is 1.33 bits per heavy atom. The van der Waals surface area contributed by atoms with E-state index < -0.39 is 5.97 Å². The van der Waals surface area contributed by atoms with Crippen molar-refractivity contribution in [3.8, 4) is 17.4 Å². The maximum Gasteiger partial charge on any atom is 0.335 e. The first-order valence-electron chi connectivity index (χ1n) is 7.81. The summed E-state index contributed by atoms with van der Waals surface area (Å²) in [5.41, 5.74) is 1.18. The molecule has 0 radical (unpaired) electrons. The number of pyridine rings is 1. The Morgan fingerprint density at radius 2 is 2.08 bits per heavy atom. The Morgan fingerprint density at radius 3 is 2.67 bits per heavy atom. The lowest BCUT2D eigenvalue weighted by Gasteiger charge is -2.13. The molecule has 0 saturated heterocycles. The molecule has 1 aromatic heterocycles. The van der Waals surface area contributed by atoms with Crippen LogP contribution in [-0.4, -0.2) is 22.2 Å². The van der Waals surface area contributed by atoms with Crippen molar-refractivity contribution in [1.29, 1.82) is 0 Å². The number of carboxylic acids is 1. The average Bonchev–Trinajstić information content (AvgIpc) is 3.34.